The van der Waals surface area contributed by atoms with Gasteiger partial charge in [0.05, 0.1) is 77.9 Å². The van der Waals surface area contributed by atoms with Crippen LogP contribution < -0.4 is 9.47 Å². The molecule has 0 aliphatic heterocycles. The molecule has 0 amide bonds. The smallest absolute Gasteiger partial charge is 0.136 e. The molecule has 14 heteroatoms. The molecule has 6 aromatic carbocycles. The minimum Gasteiger partial charge on any atom is -0.497 e. The zero-order valence-corrected chi connectivity index (χ0v) is 47.9. The molecule has 6 aromatic rings. The maximum absolute atomic E-state index is 8.81. The van der Waals surface area contributed by atoms with Crippen molar-refractivity contribution >= 4 is 95.6 Å². The fourth-order valence-electron chi connectivity index (χ4n) is 5.56. The van der Waals surface area contributed by atoms with E-state index in [0.29, 0.717) is 27.5 Å². The van der Waals surface area contributed by atoms with Gasteiger partial charge in [0.2, 0.25) is 0 Å². The zero-order chi connectivity index (χ0) is 51.0. The molecule has 0 spiro atoms. The molecule has 0 saturated carbocycles. The van der Waals surface area contributed by atoms with Gasteiger partial charge < -0.3 is 9.47 Å². The van der Waals surface area contributed by atoms with Gasteiger partial charge in [-0.05, 0) is 132 Å². The molecule has 0 fully saturated rings. The molecule has 8 nitrogen and oxygen atoms in total. The van der Waals surface area contributed by atoms with Crippen LogP contribution in [0.25, 0.3) is 0 Å². The summed E-state index contributed by atoms with van der Waals surface area (Å²) < 4.78 is 10.0. The van der Waals surface area contributed by atoms with Crippen molar-refractivity contribution in [3.05, 3.63) is 198 Å². The lowest BCUT2D eigenvalue weighted by atomic mass is 10.1. The first-order valence-corrected chi connectivity index (χ1v) is 27.0. The van der Waals surface area contributed by atoms with Crippen molar-refractivity contribution in [1.29, 1.82) is 31.6 Å². The van der Waals surface area contributed by atoms with Crippen molar-refractivity contribution in [3.63, 3.8) is 0 Å². The number of rotatable bonds is 8. The van der Waals surface area contributed by atoms with Crippen LogP contribution in [0.5, 0.6) is 11.5 Å². The fourth-order valence-corrected chi connectivity index (χ4v) is 8.45. The van der Waals surface area contributed by atoms with E-state index in [9.17, 15) is 0 Å². The Labute approximate surface area is 452 Å². The van der Waals surface area contributed by atoms with Gasteiger partial charge in [0, 0.05) is 32.0 Å². The monoisotopic (exact) mass is 1290 g/mol. The van der Waals surface area contributed by atoms with E-state index in [1.54, 1.807) is 26.4 Å². The molecule has 68 heavy (non-hydrogen) atoms. The maximum atomic E-state index is 8.81. The summed E-state index contributed by atoms with van der Waals surface area (Å²) in [6, 6.07) is 47.0. The quantitative estimate of drug-likeness (QED) is 0.136. The predicted molar refractivity (Wildman–Crippen MR) is 295 cm³/mol. The highest BCUT2D eigenvalue weighted by atomic mass is 79.9. The van der Waals surface area contributed by atoms with Crippen LogP contribution in [-0.4, -0.2) is 14.2 Å². The second-order valence-corrected chi connectivity index (χ2v) is 17.4. The average molecular weight is 1290 g/mol. The average Bonchev–Trinajstić information content (AvgIpc) is 3.39. The fraction of sp³-hybridized carbons (Fsp3) is 0.222. The first-order valence-electron chi connectivity index (χ1n) is 20.2. The molecular formula is C54H48Br6N6O2. The van der Waals surface area contributed by atoms with Crippen LogP contribution >= 0.6 is 95.6 Å². The molecule has 0 unspecified atom stereocenters. The van der Waals surface area contributed by atoms with Crippen molar-refractivity contribution in [2.24, 2.45) is 0 Å². The van der Waals surface area contributed by atoms with Crippen molar-refractivity contribution in [1.82, 2.24) is 0 Å². The third-order valence-corrected chi connectivity index (χ3v) is 13.3. The standard InChI is InChI=1S/2C9H8BrNO.4C9H8BrN/c1-12-9-3-2-7(5-10)8(4-9)6-11;1-12-9-4-2-3-7(5-10)8(9)6-11;1-7-4-8(6-11)2-3-9(7)5-10;1-7-4-8(5-10)2-3-9(7)6-11;1-7-2-3-8(5-10)4-9(7)6-11;1-7-8(5-10)3-2-4-9(7)6-11/h2*2-4H,5H2,1H3;4*2-4H,5H2,1H3. The van der Waals surface area contributed by atoms with Crippen molar-refractivity contribution in [2.45, 2.75) is 59.7 Å². The van der Waals surface area contributed by atoms with Gasteiger partial charge in [0.25, 0.3) is 0 Å². The number of aryl methyl sites for hydroxylation is 3. The lowest BCUT2D eigenvalue weighted by molar-refractivity contribution is 0.413. The van der Waals surface area contributed by atoms with Gasteiger partial charge >= 0.3 is 0 Å². The van der Waals surface area contributed by atoms with Gasteiger partial charge in [-0.15, -0.1) is 0 Å². The first kappa shape index (κ1) is 60.8. The van der Waals surface area contributed by atoms with Gasteiger partial charge in [-0.3, -0.25) is 0 Å². The van der Waals surface area contributed by atoms with Gasteiger partial charge in [-0.25, -0.2) is 0 Å². The largest absolute Gasteiger partial charge is 0.497 e. The summed E-state index contributed by atoms with van der Waals surface area (Å²) in [6.07, 6.45) is 0. The van der Waals surface area contributed by atoms with E-state index < -0.39 is 0 Å². The highest BCUT2D eigenvalue weighted by molar-refractivity contribution is 9.09. The van der Waals surface area contributed by atoms with Crippen LogP contribution in [0.2, 0.25) is 0 Å². The zero-order valence-electron chi connectivity index (χ0n) is 38.4. The van der Waals surface area contributed by atoms with E-state index in [-0.39, 0.29) is 0 Å². The van der Waals surface area contributed by atoms with Gasteiger partial charge in [-0.1, -0.05) is 156 Å². The first-order chi connectivity index (χ1) is 32.8. The van der Waals surface area contributed by atoms with Crippen LogP contribution in [0, 0.1) is 95.7 Å². The maximum Gasteiger partial charge on any atom is 0.136 e. The second-order valence-electron chi connectivity index (χ2n) is 14.0. The molecule has 0 aliphatic rings. The molecule has 0 atom stereocenters. The van der Waals surface area contributed by atoms with E-state index >= 15 is 0 Å². The summed E-state index contributed by atoms with van der Waals surface area (Å²) in [4.78, 5) is 0. The summed E-state index contributed by atoms with van der Waals surface area (Å²) in [5, 5.41) is 56.8. The van der Waals surface area contributed by atoms with Gasteiger partial charge in [0.1, 0.15) is 17.6 Å². The molecule has 0 bridgehead atoms. The van der Waals surface area contributed by atoms with Crippen molar-refractivity contribution in [2.75, 3.05) is 14.2 Å². The number of halogens is 6. The van der Waals surface area contributed by atoms with Crippen LogP contribution in [0.3, 0.4) is 0 Å². The summed E-state index contributed by atoms with van der Waals surface area (Å²) in [5.41, 5.74) is 15.3. The van der Waals surface area contributed by atoms with E-state index in [0.717, 1.165) is 82.7 Å². The number of benzene rings is 6. The number of nitrogens with zero attached hydrogens (tertiary/aromatic N) is 6. The van der Waals surface area contributed by atoms with Crippen molar-refractivity contribution < 1.29 is 9.47 Å². The Morgan fingerprint density at radius 2 is 0.956 bits per heavy atom. The third-order valence-electron chi connectivity index (χ3n) is 9.64. The van der Waals surface area contributed by atoms with E-state index in [2.05, 4.69) is 132 Å². The van der Waals surface area contributed by atoms with Crippen LogP contribution in [0.4, 0.5) is 0 Å². The SMILES string of the molecule is COc1ccc(CBr)c(C#N)c1.COc1cccc(CBr)c1C#N.Cc1c(C#N)cccc1CBr.Cc1cc(C#N)ccc1CBr.Cc1cc(CBr)ccc1C#N.Cc1ccc(CBr)cc1C#N. The van der Waals surface area contributed by atoms with E-state index in [1.165, 1.54) is 22.3 Å². The summed E-state index contributed by atoms with van der Waals surface area (Å²) in [6.45, 7) is 7.87. The van der Waals surface area contributed by atoms with Crippen molar-refractivity contribution in [3.8, 4) is 47.9 Å². The lowest BCUT2D eigenvalue weighted by Gasteiger charge is -2.04. The van der Waals surface area contributed by atoms with Gasteiger partial charge in [-0.2, -0.15) is 31.6 Å². The van der Waals surface area contributed by atoms with Crippen LogP contribution in [-0.2, 0) is 32.0 Å². The molecule has 0 heterocycles. The Hall–Kier alpha value is -5.26. The van der Waals surface area contributed by atoms with Crippen LogP contribution in [0.1, 0.15) is 89.0 Å². The lowest BCUT2D eigenvalue weighted by Crippen LogP contribution is -1.91. The van der Waals surface area contributed by atoms with Gasteiger partial charge in [0.15, 0.2) is 0 Å². The number of hydrogen-bond acceptors (Lipinski definition) is 8. The molecule has 0 radical (unpaired) electrons. The Kier molecular flexibility index (Phi) is 31.2. The highest BCUT2D eigenvalue weighted by Gasteiger charge is 2.06. The summed E-state index contributed by atoms with van der Waals surface area (Å²) in [7, 11) is 3.15. The molecule has 0 aliphatic carbocycles. The third kappa shape index (κ3) is 20.5. The number of ether oxygens (including phenoxy) is 2. The van der Waals surface area contributed by atoms with E-state index in [4.69, 9.17) is 41.0 Å². The summed E-state index contributed by atoms with van der Waals surface area (Å²) in [5.74, 6) is 1.35. The molecule has 0 aromatic heterocycles. The highest BCUT2D eigenvalue weighted by Crippen LogP contribution is 2.23. The minimum atomic E-state index is 0.608. The predicted octanol–water partition coefficient (Wildman–Crippen LogP) is 16.0. The number of alkyl halides is 6. The van der Waals surface area contributed by atoms with Crippen LogP contribution in [0.15, 0.2) is 109 Å². The normalized spacial score (nSPS) is 9.15. The number of methoxy groups -OCH3 is 2. The minimum absolute atomic E-state index is 0.608. The van der Waals surface area contributed by atoms with E-state index in [1.807, 2.05) is 125 Å². The Morgan fingerprint density at radius 1 is 0.397 bits per heavy atom. The second kappa shape index (κ2) is 34.9. The molecule has 6 rings (SSSR count). The molecular weight excluding hydrogens is 1240 g/mol. The Morgan fingerprint density at radius 3 is 1.46 bits per heavy atom. The Balaban J connectivity index is 0.000000408. The molecule has 0 saturated heterocycles. The molecule has 348 valence electrons. The number of hydrogen-bond donors (Lipinski definition) is 0. The topological polar surface area (TPSA) is 161 Å². The summed E-state index contributed by atoms with van der Waals surface area (Å²) >= 11 is 20.0. The Bertz CT molecular complexity index is 2790. The number of nitriles is 6. The molecule has 0 N–H and O–H groups in total.